The number of nitrogens with zero attached hydrogens (tertiary/aromatic N) is 5. The number of thiazole rings is 1. The zero-order chi connectivity index (χ0) is 41.0. The third-order valence-electron chi connectivity index (χ3n) is 12.2. The molecule has 1 amide bonds. The lowest BCUT2D eigenvalue weighted by Crippen LogP contribution is -2.55. The van der Waals surface area contributed by atoms with Crippen LogP contribution in [0.5, 0.6) is 0 Å². The number of hydrazine groups is 1. The Hall–Kier alpha value is -3.31. The van der Waals surface area contributed by atoms with Crippen molar-refractivity contribution < 1.29 is 28.8 Å². The van der Waals surface area contributed by atoms with Gasteiger partial charge in [0.1, 0.15) is 17.2 Å². The highest BCUT2D eigenvalue weighted by atomic mass is 32.1. The lowest BCUT2D eigenvalue weighted by molar-refractivity contribution is -0.287. The van der Waals surface area contributed by atoms with Crippen LogP contribution in [0.15, 0.2) is 35.8 Å². The average molecular weight is 818 g/mol. The monoisotopic (exact) mass is 817 g/mol. The molecule has 6 heterocycles. The van der Waals surface area contributed by atoms with Gasteiger partial charge < -0.3 is 24.5 Å². The van der Waals surface area contributed by atoms with E-state index in [1.807, 2.05) is 12.3 Å². The SMILES string of the molecule is CCO[C@H](c1nc(-c2ccc3c(c2)c(CC(C)(C)COOC)c(-c2cc(C4CCN(C5COC5)CC4)cnc2[C@H](C)OC)n3CC)cs1)[C@H](N)C(=O)N1CCCCN1. The van der Waals surface area contributed by atoms with E-state index in [-0.39, 0.29) is 17.4 Å². The summed E-state index contributed by atoms with van der Waals surface area (Å²) in [5.41, 5.74) is 18.2. The van der Waals surface area contributed by atoms with E-state index < -0.39 is 12.1 Å². The number of aromatic nitrogens is 3. The Labute approximate surface area is 347 Å². The highest BCUT2D eigenvalue weighted by Gasteiger charge is 2.35. The van der Waals surface area contributed by atoms with Crippen LogP contribution in [0.1, 0.15) is 100 Å². The number of piperidine rings is 1. The van der Waals surface area contributed by atoms with Crippen molar-refractivity contribution in [1.82, 2.24) is 29.9 Å². The van der Waals surface area contributed by atoms with Gasteiger partial charge in [0.2, 0.25) is 0 Å². The third kappa shape index (κ3) is 9.05. The Balaban J connectivity index is 1.30. The van der Waals surface area contributed by atoms with E-state index in [1.54, 1.807) is 19.2 Å². The van der Waals surface area contributed by atoms with Gasteiger partial charge in [0, 0.05) is 67.0 Å². The van der Waals surface area contributed by atoms with Crippen LogP contribution >= 0.6 is 11.3 Å². The van der Waals surface area contributed by atoms with Gasteiger partial charge >= 0.3 is 0 Å². The van der Waals surface area contributed by atoms with Gasteiger partial charge in [0.05, 0.1) is 56.2 Å². The van der Waals surface area contributed by atoms with Gasteiger partial charge in [-0.2, -0.15) is 0 Å². The molecule has 3 fully saturated rings. The van der Waals surface area contributed by atoms with E-state index in [0.717, 1.165) is 111 Å². The molecule has 3 aliphatic heterocycles. The molecule has 0 unspecified atom stereocenters. The Morgan fingerprint density at radius 3 is 2.57 bits per heavy atom. The number of nitrogens with two attached hydrogens (primary N) is 1. The van der Waals surface area contributed by atoms with Gasteiger partial charge in [-0.05, 0) is 107 Å². The summed E-state index contributed by atoms with van der Waals surface area (Å²) in [5.74, 6) is 0.250. The number of aryl methyl sites for hydroxylation is 1. The standard InChI is InChI=1S/C44H63N7O6S/c1-8-50-37-13-12-30(36-26-58-42(48-36)41(56-9-2)38(45)43(52)51-17-11-10-16-47-51)20-33(37)35(22-44(4,5)27-57-54-7)40(50)34-21-31(23-46-39(34)28(3)53-6)29-14-18-49(19-15-29)32-24-55-25-32/h12-13,20-21,23,26,28-29,32,38,41,47H,8-11,14-19,22,24-25,27,45H2,1-7H3/t28-,38-,41-/m0/s1. The van der Waals surface area contributed by atoms with Crippen LogP contribution in [-0.2, 0) is 41.7 Å². The maximum absolute atomic E-state index is 13.5. The molecule has 7 rings (SSSR count). The number of rotatable bonds is 17. The normalized spacial score (nSPS) is 19.1. The predicted octanol–water partition coefficient (Wildman–Crippen LogP) is 6.81. The summed E-state index contributed by atoms with van der Waals surface area (Å²) in [6.07, 6.45) is 6.11. The molecule has 0 aliphatic carbocycles. The maximum atomic E-state index is 13.5. The molecule has 0 radical (unpaired) electrons. The molecule has 3 aromatic heterocycles. The number of ether oxygens (including phenoxy) is 3. The first-order chi connectivity index (χ1) is 28.1. The van der Waals surface area contributed by atoms with E-state index in [9.17, 15) is 4.79 Å². The Morgan fingerprint density at radius 2 is 1.91 bits per heavy atom. The Morgan fingerprint density at radius 1 is 1.12 bits per heavy atom. The molecule has 3 aliphatic rings. The molecule has 4 aromatic rings. The van der Waals surface area contributed by atoms with Gasteiger partial charge in [0.15, 0.2) is 0 Å². The topological polar surface area (TPSA) is 138 Å². The fraction of sp³-hybridized carbons (Fsp3) is 0.614. The highest BCUT2D eigenvalue weighted by Crippen LogP contribution is 2.43. The number of amides is 1. The number of hydrogen-bond acceptors (Lipinski definition) is 12. The number of carbonyl (C=O) groups excluding carboxylic acids is 1. The molecule has 0 saturated carbocycles. The van der Waals surface area contributed by atoms with Crippen molar-refractivity contribution >= 4 is 28.1 Å². The average Bonchev–Trinajstić information content (AvgIpc) is 3.83. The maximum Gasteiger partial charge on any atom is 0.256 e. The van der Waals surface area contributed by atoms with Crippen molar-refractivity contribution in [2.75, 3.05) is 66.8 Å². The highest BCUT2D eigenvalue weighted by molar-refractivity contribution is 7.10. The molecule has 58 heavy (non-hydrogen) atoms. The Kier molecular flexibility index (Phi) is 14.0. The van der Waals surface area contributed by atoms with Crippen molar-refractivity contribution in [1.29, 1.82) is 0 Å². The van der Waals surface area contributed by atoms with Crippen molar-refractivity contribution in [2.45, 2.75) is 103 Å². The first kappa shape index (κ1) is 42.8. The van der Waals surface area contributed by atoms with Crippen LogP contribution in [-0.4, -0.2) is 109 Å². The van der Waals surface area contributed by atoms with Crippen LogP contribution in [0.3, 0.4) is 0 Å². The fourth-order valence-corrected chi connectivity index (χ4v) is 9.68. The first-order valence-electron chi connectivity index (χ1n) is 21.1. The molecule has 316 valence electrons. The number of likely N-dealkylation sites (tertiary alicyclic amines) is 1. The van der Waals surface area contributed by atoms with Gasteiger partial charge in [-0.15, -0.1) is 11.3 Å². The molecule has 3 N–H and O–H groups in total. The van der Waals surface area contributed by atoms with E-state index in [0.29, 0.717) is 36.7 Å². The third-order valence-corrected chi connectivity index (χ3v) is 13.1. The molecular weight excluding hydrogens is 755 g/mol. The van der Waals surface area contributed by atoms with Gasteiger partial charge in [-0.1, -0.05) is 19.9 Å². The second-order valence-electron chi connectivity index (χ2n) is 16.7. The summed E-state index contributed by atoms with van der Waals surface area (Å²) in [4.78, 5) is 37.0. The van der Waals surface area contributed by atoms with Gasteiger partial charge in [-0.3, -0.25) is 19.7 Å². The van der Waals surface area contributed by atoms with Crippen molar-refractivity contribution in [3.8, 4) is 22.5 Å². The summed E-state index contributed by atoms with van der Waals surface area (Å²) in [5, 5.41) is 5.52. The van der Waals surface area contributed by atoms with Crippen molar-refractivity contribution in [3.63, 3.8) is 0 Å². The number of fused-ring (bicyclic) bond motifs is 1. The summed E-state index contributed by atoms with van der Waals surface area (Å²) in [6.45, 7) is 17.5. The minimum absolute atomic E-state index is 0.176. The quantitative estimate of drug-likeness (QED) is 0.0859. The molecular formula is C44H63N7O6S. The lowest BCUT2D eigenvalue weighted by Gasteiger charge is -2.41. The second-order valence-corrected chi connectivity index (χ2v) is 17.6. The summed E-state index contributed by atoms with van der Waals surface area (Å²) < 4.78 is 20.0. The molecule has 3 atom stereocenters. The van der Waals surface area contributed by atoms with Crippen LogP contribution in [0.4, 0.5) is 0 Å². The molecule has 13 nitrogen and oxygen atoms in total. The lowest BCUT2D eigenvalue weighted by atomic mass is 9.83. The number of hydrogen-bond donors (Lipinski definition) is 2. The van der Waals surface area contributed by atoms with Gasteiger partial charge in [-0.25, -0.2) is 20.2 Å². The van der Waals surface area contributed by atoms with Crippen LogP contribution in [0, 0.1) is 5.41 Å². The number of benzene rings is 1. The minimum Gasteiger partial charge on any atom is -0.378 e. The molecule has 3 saturated heterocycles. The van der Waals surface area contributed by atoms with Crippen LogP contribution < -0.4 is 11.2 Å². The smallest absolute Gasteiger partial charge is 0.256 e. The fourth-order valence-electron chi connectivity index (χ4n) is 8.76. The molecule has 14 heteroatoms. The second kappa shape index (κ2) is 18.9. The minimum atomic E-state index is -0.880. The first-order valence-corrected chi connectivity index (χ1v) is 22.0. The van der Waals surface area contributed by atoms with E-state index >= 15 is 0 Å². The summed E-state index contributed by atoms with van der Waals surface area (Å²) >= 11 is 1.48. The summed E-state index contributed by atoms with van der Waals surface area (Å²) in [7, 11) is 3.31. The van der Waals surface area contributed by atoms with E-state index in [4.69, 9.17) is 39.7 Å². The zero-order valence-corrected chi connectivity index (χ0v) is 36.2. The summed E-state index contributed by atoms with van der Waals surface area (Å²) in [6, 6.07) is 8.71. The largest absolute Gasteiger partial charge is 0.378 e. The van der Waals surface area contributed by atoms with Crippen LogP contribution in [0.25, 0.3) is 33.4 Å². The molecule has 1 aromatic carbocycles. The number of pyridine rings is 1. The molecule has 0 spiro atoms. The Bertz CT molecular complexity index is 2000. The number of methoxy groups -OCH3 is 1. The number of carbonyl (C=O) groups is 1. The van der Waals surface area contributed by atoms with Gasteiger partial charge in [0.25, 0.3) is 5.91 Å². The van der Waals surface area contributed by atoms with Crippen molar-refractivity contribution in [2.24, 2.45) is 11.1 Å². The number of nitrogens with one attached hydrogen (secondary N) is 1. The predicted molar refractivity (Wildman–Crippen MR) is 227 cm³/mol. The zero-order valence-electron chi connectivity index (χ0n) is 35.4. The van der Waals surface area contributed by atoms with E-state index in [1.165, 1.54) is 22.5 Å². The van der Waals surface area contributed by atoms with Crippen LogP contribution in [0.2, 0.25) is 0 Å². The molecule has 0 bridgehead atoms. The van der Waals surface area contributed by atoms with E-state index in [2.05, 4.69) is 73.1 Å². The van der Waals surface area contributed by atoms with Crippen molar-refractivity contribution in [3.05, 3.63) is 57.7 Å².